The first-order chi connectivity index (χ1) is 6.06. The van der Waals surface area contributed by atoms with Gasteiger partial charge in [-0.05, 0) is 30.4 Å². The fraction of sp³-hybridized carbons (Fsp3) is 0.538. The molecule has 0 N–H and O–H groups in total. The van der Waals surface area contributed by atoms with E-state index in [0.717, 1.165) is 0 Å². The minimum atomic E-state index is 0.279. The standard InChI is InChI=1S/C13H19/c1-5-9-13(3,4)12-8-6-7-11(2)10-12/h6-7,10H,5,9H2,1-4H3. The monoisotopic (exact) mass is 175 g/mol. The Bertz CT molecular complexity index is 271. The van der Waals surface area contributed by atoms with Crippen molar-refractivity contribution in [3.63, 3.8) is 0 Å². The topological polar surface area (TPSA) is 0 Å². The van der Waals surface area contributed by atoms with Crippen LogP contribution >= 0.6 is 0 Å². The molecule has 0 unspecified atom stereocenters. The maximum absolute atomic E-state index is 3.33. The predicted octanol–water partition coefficient (Wildman–Crippen LogP) is 3.87. The van der Waals surface area contributed by atoms with Crippen molar-refractivity contribution in [1.82, 2.24) is 0 Å². The lowest BCUT2D eigenvalue weighted by Crippen LogP contribution is -2.16. The molecule has 71 valence electrons. The highest BCUT2D eigenvalue weighted by Gasteiger charge is 2.18. The first-order valence-electron chi connectivity index (χ1n) is 5.05. The zero-order chi connectivity index (χ0) is 9.90. The Morgan fingerprint density at radius 3 is 2.62 bits per heavy atom. The molecule has 0 saturated heterocycles. The smallest absolute Gasteiger partial charge is 0.00974 e. The van der Waals surface area contributed by atoms with Crippen LogP contribution in [0.15, 0.2) is 18.2 Å². The van der Waals surface area contributed by atoms with Crippen molar-refractivity contribution in [1.29, 1.82) is 0 Å². The van der Waals surface area contributed by atoms with E-state index in [-0.39, 0.29) is 5.41 Å². The average Bonchev–Trinajstić information content (AvgIpc) is 2.04. The molecular weight excluding hydrogens is 156 g/mol. The van der Waals surface area contributed by atoms with Crippen LogP contribution in [-0.2, 0) is 5.41 Å². The van der Waals surface area contributed by atoms with E-state index >= 15 is 0 Å². The zero-order valence-corrected chi connectivity index (χ0v) is 9.15. The molecule has 0 amide bonds. The number of aryl methyl sites for hydroxylation is 1. The molecule has 1 radical (unpaired) electrons. The Hall–Kier alpha value is -0.780. The molecule has 13 heavy (non-hydrogen) atoms. The van der Waals surface area contributed by atoms with Gasteiger partial charge in [0.05, 0.1) is 0 Å². The summed E-state index contributed by atoms with van der Waals surface area (Å²) in [6.07, 6.45) is 2.46. The van der Waals surface area contributed by atoms with E-state index in [1.807, 2.05) is 6.07 Å². The van der Waals surface area contributed by atoms with Crippen LogP contribution in [0, 0.1) is 13.0 Å². The number of rotatable bonds is 3. The van der Waals surface area contributed by atoms with Crippen LogP contribution in [0.2, 0.25) is 0 Å². The van der Waals surface area contributed by atoms with Crippen molar-refractivity contribution < 1.29 is 0 Å². The van der Waals surface area contributed by atoms with Gasteiger partial charge >= 0.3 is 0 Å². The highest BCUT2D eigenvalue weighted by molar-refractivity contribution is 5.27. The van der Waals surface area contributed by atoms with E-state index in [9.17, 15) is 0 Å². The molecule has 1 aromatic carbocycles. The Balaban J connectivity index is 2.93. The molecule has 0 spiro atoms. The summed E-state index contributed by atoms with van der Waals surface area (Å²) in [6, 6.07) is 9.71. The summed E-state index contributed by atoms with van der Waals surface area (Å²) in [4.78, 5) is 0. The molecule has 0 aliphatic carbocycles. The van der Waals surface area contributed by atoms with Gasteiger partial charge in [0.1, 0.15) is 0 Å². The van der Waals surface area contributed by atoms with Gasteiger partial charge in [-0.3, -0.25) is 0 Å². The first kappa shape index (κ1) is 10.3. The molecule has 0 heteroatoms. The van der Waals surface area contributed by atoms with Gasteiger partial charge < -0.3 is 0 Å². The molecule has 0 aliphatic heterocycles. The quantitative estimate of drug-likeness (QED) is 0.654. The van der Waals surface area contributed by atoms with Crippen LogP contribution in [0.5, 0.6) is 0 Å². The third-order valence-corrected chi connectivity index (χ3v) is 2.56. The molecule has 1 rings (SSSR count). The SMILES string of the molecule is CCCC(C)(C)c1[c]ccc(C)c1. The van der Waals surface area contributed by atoms with Crippen LogP contribution in [0.25, 0.3) is 0 Å². The van der Waals surface area contributed by atoms with Crippen molar-refractivity contribution in [3.05, 3.63) is 35.4 Å². The van der Waals surface area contributed by atoms with Crippen LogP contribution in [0.3, 0.4) is 0 Å². The molecule has 0 nitrogen and oxygen atoms in total. The van der Waals surface area contributed by atoms with Crippen molar-refractivity contribution in [3.8, 4) is 0 Å². The predicted molar refractivity (Wildman–Crippen MR) is 57.9 cm³/mol. The average molecular weight is 175 g/mol. The summed E-state index contributed by atoms with van der Waals surface area (Å²) < 4.78 is 0. The first-order valence-corrected chi connectivity index (χ1v) is 5.05. The minimum absolute atomic E-state index is 0.279. The van der Waals surface area contributed by atoms with E-state index in [2.05, 4.69) is 45.9 Å². The molecule has 0 saturated carbocycles. The Morgan fingerprint density at radius 1 is 1.38 bits per heavy atom. The van der Waals surface area contributed by atoms with Gasteiger partial charge in [0, 0.05) is 0 Å². The normalized spacial score (nSPS) is 11.7. The van der Waals surface area contributed by atoms with Gasteiger partial charge in [-0.1, -0.05) is 51.0 Å². The van der Waals surface area contributed by atoms with E-state index in [1.165, 1.54) is 24.0 Å². The summed E-state index contributed by atoms with van der Waals surface area (Å²) >= 11 is 0. The molecule has 0 bridgehead atoms. The van der Waals surface area contributed by atoms with Gasteiger partial charge in [0.25, 0.3) is 0 Å². The van der Waals surface area contributed by atoms with Gasteiger partial charge in [-0.2, -0.15) is 0 Å². The summed E-state index contributed by atoms with van der Waals surface area (Å²) in [7, 11) is 0. The summed E-state index contributed by atoms with van der Waals surface area (Å²) in [5, 5.41) is 0. The maximum atomic E-state index is 3.33. The summed E-state index contributed by atoms with van der Waals surface area (Å²) in [6.45, 7) is 8.96. The van der Waals surface area contributed by atoms with E-state index < -0.39 is 0 Å². The number of hydrogen-bond donors (Lipinski definition) is 0. The van der Waals surface area contributed by atoms with E-state index in [0.29, 0.717) is 0 Å². The Labute approximate surface area is 82.0 Å². The van der Waals surface area contributed by atoms with Gasteiger partial charge in [-0.15, -0.1) is 0 Å². The lowest BCUT2D eigenvalue weighted by Gasteiger charge is -2.24. The molecule has 0 aliphatic rings. The van der Waals surface area contributed by atoms with Crippen LogP contribution in [0.4, 0.5) is 0 Å². The highest BCUT2D eigenvalue weighted by Crippen LogP contribution is 2.28. The van der Waals surface area contributed by atoms with Gasteiger partial charge in [0.15, 0.2) is 0 Å². The van der Waals surface area contributed by atoms with E-state index in [1.54, 1.807) is 0 Å². The molecule has 0 fully saturated rings. The van der Waals surface area contributed by atoms with Crippen molar-refractivity contribution >= 4 is 0 Å². The third-order valence-electron chi connectivity index (χ3n) is 2.56. The van der Waals surface area contributed by atoms with Crippen molar-refractivity contribution in [2.24, 2.45) is 0 Å². The lowest BCUT2D eigenvalue weighted by atomic mass is 9.80. The molecule has 1 aromatic rings. The van der Waals surface area contributed by atoms with Gasteiger partial charge in [0.2, 0.25) is 0 Å². The second kappa shape index (κ2) is 3.95. The molecule has 0 aromatic heterocycles. The third kappa shape index (κ3) is 2.58. The maximum Gasteiger partial charge on any atom is -0.00974 e. The number of benzene rings is 1. The van der Waals surface area contributed by atoms with Crippen LogP contribution in [0.1, 0.15) is 44.7 Å². The fourth-order valence-corrected chi connectivity index (χ4v) is 1.73. The van der Waals surface area contributed by atoms with Crippen LogP contribution < -0.4 is 0 Å². The van der Waals surface area contributed by atoms with Crippen molar-refractivity contribution in [2.75, 3.05) is 0 Å². The van der Waals surface area contributed by atoms with Crippen LogP contribution in [-0.4, -0.2) is 0 Å². The second-order valence-corrected chi connectivity index (χ2v) is 4.41. The minimum Gasteiger partial charge on any atom is -0.0654 e. The molecular formula is C13H19. The Kier molecular flexibility index (Phi) is 3.13. The number of hydrogen-bond acceptors (Lipinski definition) is 0. The highest BCUT2D eigenvalue weighted by atomic mass is 14.2. The lowest BCUT2D eigenvalue weighted by molar-refractivity contribution is 0.472. The summed E-state index contributed by atoms with van der Waals surface area (Å²) in [5.41, 5.74) is 2.95. The molecule has 0 heterocycles. The Morgan fingerprint density at radius 2 is 2.08 bits per heavy atom. The molecule has 0 atom stereocenters. The zero-order valence-electron chi connectivity index (χ0n) is 9.15. The second-order valence-electron chi connectivity index (χ2n) is 4.41. The largest absolute Gasteiger partial charge is 0.0654 e. The van der Waals surface area contributed by atoms with E-state index in [4.69, 9.17) is 0 Å². The van der Waals surface area contributed by atoms with Crippen molar-refractivity contribution in [2.45, 2.75) is 46.0 Å². The van der Waals surface area contributed by atoms with Gasteiger partial charge in [-0.25, -0.2) is 0 Å². The summed E-state index contributed by atoms with van der Waals surface area (Å²) in [5.74, 6) is 0. The fourth-order valence-electron chi connectivity index (χ4n) is 1.73.